The molecular weight excluding hydrogens is 451 g/mol. The first-order chi connectivity index (χ1) is 16.5. The Morgan fingerprint density at radius 3 is 2.68 bits per heavy atom. The second kappa shape index (κ2) is 7.67. The lowest BCUT2D eigenvalue weighted by Gasteiger charge is -2.07. The van der Waals surface area contributed by atoms with Gasteiger partial charge in [-0.25, -0.2) is 9.37 Å². The molecule has 0 spiro atoms. The SMILES string of the molecule is CC(=O)c1ccc(-c2nccc3[nH]c(-c4n[nH]c5ccc(-c6cnccc6C)c(F)c45)nc23)s1. The van der Waals surface area contributed by atoms with Crippen molar-refractivity contribution >= 4 is 39.1 Å². The van der Waals surface area contributed by atoms with E-state index in [-0.39, 0.29) is 11.6 Å². The van der Waals surface area contributed by atoms with Gasteiger partial charge in [-0.1, -0.05) is 0 Å². The first kappa shape index (κ1) is 20.4. The number of rotatable bonds is 4. The molecule has 0 aliphatic heterocycles. The van der Waals surface area contributed by atoms with E-state index < -0.39 is 0 Å². The van der Waals surface area contributed by atoms with Crippen LogP contribution in [0.3, 0.4) is 0 Å². The largest absolute Gasteiger partial charge is 0.336 e. The van der Waals surface area contributed by atoms with Crippen molar-refractivity contribution in [2.45, 2.75) is 13.8 Å². The van der Waals surface area contributed by atoms with Crippen LogP contribution in [0, 0.1) is 12.7 Å². The summed E-state index contributed by atoms with van der Waals surface area (Å²) >= 11 is 1.37. The van der Waals surface area contributed by atoms with E-state index in [1.54, 1.807) is 36.8 Å². The van der Waals surface area contributed by atoms with Crippen LogP contribution in [-0.2, 0) is 0 Å². The molecule has 0 amide bonds. The highest BCUT2D eigenvalue weighted by Gasteiger charge is 2.21. The van der Waals surface area contributed by atoms with Gasteiger partial charge in [0, 0.05) is 29.7 Å². The summed E-state index contributed by atoms with van der Waals surface area (Å²) in [7, 11) is 0. The number of hydrogen-bond donors (Lipinski definition) is 2. The summed E-state index contributed by atoms with van der Waals surface area (Å²) in [6.45, 7) is 3.46. The van der Waals surface area contributed by atoms with Crippen LogP contribution < -0.4 is 0 Å². The number of halogens is 1. The number of carbonyl (C=O) groups excluding carboxylic acids is 1. The van der Waals surface area contributed by atoms with Crippen LogP contribution in [0.2, 0.25) is 0 Å². The number of imidazole rings is 1. The van der Waals surface area contributed by atoms with Gasteiger partial charge in [0.25, 0.3) is 0 Å². The second-order valence-electron chi connectivity index (χ2n) is 7.97. The maximum absolute atomic E-state index is 15.8. The number of fused-ring (bicyclic) bond motifs is 2. The monoisotopic (exact) mass is 468 g/mol. The van der Waals surface area contributed by atoms with Gasteiger partial charge in [-0.2, -0.15) is 5.10 Å². The zero-order valence-electron chi connectivity index (χ0n) is 18.2. The van der Waals surface area contributed by atoms with Crippen LogP contribution in [-0.4, -0.2) is 35.9 Å². The van der Waals surface area contributed by atoms with Crippen LogP contribution in [0.25, 0.3) is 55.2 Å². The quantitative estimate of drug-likeness (QED) is 0.312. The lowest BCUT2D eigenvalue weighted by molar-refractivity contribution is 0.102. The van der Waals surface area contributed by atoms with Crippen LogP contribution in [0.4, 0.5) is 4.39 Å². The maximum atomic E-state index is 15.8. The highest BCUT2D eigenvalue weighted by molar-refractivity contribution is 7.17. The Morgan fingerprint density at radius 1 is 1.00 bits per heavy atom. The summed E-state index contributed by atoms with van der Waals surface area (Å²) in [4.78, 5) is 29.9. The predicted molar refractivity (Wildman–Crippen MR) is 130 cm³/mol. The highest BCUT2D eigenvalue weighted by Crippen LogP contribution is 2.36. The Labute approximate surface area is 196 Å². The lowest BCUT2D eigenvalue weighted by atomic mass is 10.00. The van der Waals surface area contributed by atoms with E-state index in [1.165, 1.54) is 18.3 Å². The van der Waals surface area contributed by atoms with Crippen molar-refractivity contribution in [2.75, 3.05) is 0 Å². The van der Waals surface area contributed by atoms with Gasteiger partial charge in [0.2, 0.25) is 0 Å². The first-order valence-electron chi connectivity index (χ1n) is 10.5. The first-order valence-corrected chi connectivity index (χ1v) is 11.4. The number of aryl methyl sites for hydroxylation is 1. The third-order valence-electron chi connectivity index (χ3n) is 5.81. The Balaban J connectivity index is 1.53. The summed E-state index contributed by atoms with van der Waals surface area (Å²) in [5.74, 6) is 0.0441. The Kier molecular flexibility index (Phi) is 4.59. The van der Waals surface area contributed by atoms with Crippen molar-refractivity contribution in [3.05, 3.63) is 71.2 Å². The fourth-order valence-corrected chi connectivity index (χ4v) is 4.98. The molecule has 6 rings (SSSR count). The normalized spacial score (nSPS) is 11.5. The molecule has 0 atom stereocenters. The maximum Gasteiger partial charge on any atom is 0.169 e. The van der Waals surface area contributed by atoms with Gasteiger partial charge < -0.3 is 4.98 Å². The molecular formula is C25H17FN6OS. The van der Waals surface area contributed by atoms with Gasteiger partial charge in [0.05, 0.1) is 26.2 Å². The molecule has 0 bridgehead atoms. The van der Waals surface area contributed by atoms with Crippen molar-refractivity contribution in [3.8, 4) is 33.2 Å². The minimum atomic E-state index is -0.388. The Bertz CT molecular complexity index is 1730. The van der Waals surface area contributed by atoms with E-state index in [0.717, 1.165) is 21.5 Å². The number of nitrogens with zero attached hydrogens (tertiary/aromatic N) is 4. The zero-order valence-corrected chi connectivity index (χ0v) is 19.0. The van der Waals surface area contributed by atoms with Gasteiger partial charge in [-0.05, 0) is 55.8 Å². The van der Waals surface area contributed by atoms with Crippen molar-refractivity contribution in [1.29, 1.82) is 0 Å². The van der Waals surface area contributed by atoms with E-state index in [4.69, 9.17) is 4.98 Å². The van der Waals surface area contributed by atoms with Crippen molar-refractivity contribution < 1.29 is 9.18 Å². The Hall–Kier alpha value is -4.24. The van der Waals surface area contributed by atoms with Crippen LogP contribution >= 0.6 is 11.3 Å². The van der Waals surface area contributed by atoms with Gasteiger partial charge in [-0.3, -0.25) is 19.9 Å². The standard InChI is InChI=1S/C25H17FN6OS/c1-12-7-9-27-11-15(12)14-3-4-16-20(21(14)26)24(32-31-16)25-29-17-8-10-28-23(22(17)30-25)19-6-5-18(34-19)13(2)33/h3-11H,1-2H3,(H,29,30)(H,31,32). The van der Waals surface area contributed by atoms with E-state index in [1.807, 2.05) is 25.1 Å². The number of nitrogens with one attached hydrogen (secondary N) is 2. The Morgan fingerprint density at radius 2 is 1.88 bits per heavy atom. The number of thiophene rings is 1. The highest BCUT2D eigenvalue weighted by atomic mass is 32.1. The van der Waals surface area contributed by atoms with Crippen LogP contribution in [0.1, 0.15) is 22.2 Å². The minimum absolute atomic E-state index is 0.00395. The minimum Gasteiger partial charge on any atom is -0.336 e. The number of benzene rings is 1. The number of ketones is 1. The molecule has 34 heavy (non-hydrogen) atoms. The lowest BCUT2D eigenvalue weighted by Crippen LogP contribution is -1.91. The molecule has 0 aliphatic rings. The molecule has 6 aromatic rings. The number of H-pyrrole nitrogens is 2. The number of aromatic amines is 2. The third kappa shape index (κ3) is 3.12. The average Bonchev–Trinajstić information content (AvgIpc) is 3.57. The van der Waals surface area contributed by atoms with Crippen molar-refractivity contribution in [2.24, 2.45) is 0 Å². The predicted octanol–water partition coefficient (Wildman–Crippen LogP) is 5.94. The number of aromatic nitrogens is 6. The van der Waals surface area contributed by atoms with Crippen molar-refractivity contribution in [1.82, 2.24) is 30.1 Å². The molecule has 0 aliphatic carbocycles. The smallest absolute Gasteiger partial charge is 0.169 e. The number of carbonyl (C=O) groups is 1. The molecule has 0 saturated carbocycles. The molecule has 7 nitrogen and oxygen atoms in total. The van der Waals surface area contributed by atoms with Gasteiger partial charge >= 0.3 is 0 Å². The second-order valence-corrected chi connectivity index (χ2v) is 9.06. The van der Waals surface area contributed by atoms with Gasteiger partial charge in [0.15, 0.2) is 11.6 Å². The van der Waals surface area contributed by atoms with E-state index in [2.05, 4.69) is 25.1 Å². The number of hydrogen-bond acceptors (Lipinski definition) is 6. The molecule has 2 N–H and O–H groups in total. The van der Waals surface area contributed by atoms with Gasteiger partial charge in [-0.15, -0.1) is 11.3 Å². The third-order valence-corrected chi connectivity index (χ3v) is 7.00. The summed E-state index contributed by atoms with van der Waals surface area (Å²) in [5.41, 5.74) is 5.09. The summed E-state index contributed by atoms with van der Waals surface area (Å²) in [6.07, 6.45) is 5.03. The molecule has 9 heteroatoms. The molecule has 1 aromatic carbocycles. The summed E-state index contributed by atoms with van der Waals surface area (Å²) in [6, 6.07) is 10.9. The summed E-state index contributed by atoms with van der Waals surface area (Å²) in [5, 5.41) is 7.63. The molecule has 5 heterocycles. The molecule has 166 valence electrons. The van der Waals surface area contributed by atoms with Crippen LogP contribution in [0.5, 0.6) is 0 Å². The van der Waals surface area contributed by atoms with Crippen molar-refractivity contribution in [3.63, 3.8) is 0 Å². The molecule has 0 unspecified atom stereocenters. The number of pyridine rings is 2. The summed E-state index contributed by atoms with van der Waals surface area (Å²) < 4.78 is 15.8. The van der Waals surface area contributed by atoms with E-state index in [9.17, 15) is 4.79 Å². The fraction of sp³-hybridized carbons (Fsp3) is 0.0800. The molecule has 0 fully saturated rings. The fourth-order valence-electron chi connectivity index (χ4n) is 4.08. The van der Waals surface area contributed by atoms with E-state index in [0.29, 0.717) is 44.1 Å². The number of Topliss-reactive ketones (excluding diaryl/α,β-unsaturated/α-hetero) is 1. The topological polar surface area (TPSA) is 100 Å². The zero-order chi connectivity index (χ0) is 23.4. The average molecular weight is 469 g/mol. The molecule has 5 aromatic heterocycles. The van der Waals surface area contributed by atoms with Crippen LogP contribution in [0.15, 0.2) is 55.0 Å². The van der Waals surface area contributed by atoms with E-state index >= 15 is 4.39 Å². The molecule has 0 saturated heterocycles. The van der Waals surface area contributed by atoms with Gasteiger partial charge in [0.1, 0.15) is 22.7 Å². The molecule has 0 radical (unpaired) electrons.